The van der Waals surface area contributed by atoms with Crippen LogP contribution in [0.5, 0.6) is 0 Å². The smallest absolute Gasteiger partial charge is 0.308 e. The first-order valence-electron chi connectivity index (χ1n) is 6.69. The van der Waals surface area contributed by atoms with Crippen LogP contribution < -0.4 is 11.1 Å². The van der Waals surface area contributed by atoms with Gasteiger partial charge in [-0.05, 0) is 12.8 Å². The van der Waals surface area contributed by atoms with E-state index in [9.17, 15) is 14.7 Å². The van der Waals surface area contributed by atoms with Crippen molar-refractivity contribution in [3.8, 4) is 0 Å². The van der Waals surface area contributed by atoms with Crippen molar-refractivity contribution in [1.29, 1.82) is 0 Å². The maximum Gasteiger partial charge on any atom is 0.308 e. The van der Waals surface area contributed by atoms with Crippen LogP contribution >= 0.6 is 0 Å². The van der Waals surface area contributed by atoms with E-state index in [1.54, 1.807) is 0 Å². The van der Waals surface area contributed by atoms with Crippen molar-refractivity contribution in [3.63, 3.8) is 0 Å². The summed E-state index contributed by atoms with van der Waals surface area (Å²) in [4.78, 5) is 31.1. The molecule has 0 radical (unpaired) electrons. The minimum atomic E-state index is -0.871. The molecule has 20 heavy (non-hydrogen) atoms. The zero-order valence-corrected chi connectivity index (χ0v) is 11.1. The molecule has 1 aromatic rings. The van der Waals surface area contributed by atoms with Crippen LogP contribution in [-0.2, 0) is 4.79 Å². The molecule has 0 aromatic carbocycles. The number of hydrogen-bond donors (Lipinski definition) is 3. The van der Waals surface area contributed by atoms with Gasteiger partial charge in [-0.15, -0.1) is 0 Å². The van der Waals surface area contributed by atoms with Crippen molar-refractivity contribution in [2.45, 2.75) is 38.1 Å². The highest BCUT2D eigenvalue weighted by Crippen LogP contribution is 2.24. The summed E-state index contributed by atoms with van der Waals surface area (Å²) < 4.78 is 0. The average molecular weight is 278 g/mol. The molecule has 0 unspecified atom stereocenters. The minimum Gasteiger partial charge on any atom is -0.481 e. The van der Waals surface area contributed by atoms with Crippen molar-refractivity contribution in [1.82, 2.24) is 15.3 Å². The number of amides is 1. The van der Waals surface area contributed by atoms with Crippen LogP contribution in [0.15, 0.2) is 12.4 Å². The van der Waals surface area contributed by atoms with E-state index < -0.39 is 17.8 Å². The van der Waals surface area contributed by atoms with Gasteiger partial charge in [0, 0.05) is 18.4 Å². The lowest BCUT2D eigenvalue weighted by Crippen LogP contribution is -2.43. The second kappa shape index (κ2) is 6.31. The van der Waals surface area contributed by atoms with Gasteiger partial charge < -0.3 is 16.2 Å². The van der Waals surface area contributed by atoms with Crippen LogP contribution in [0.1, 0.15) is 42.6 Å². The monoisotopic (exact) mass is 278 g/mol. The minimum absolute atomic E-state index is 0.0425. The molecule has 0 aliphatic heterocycles. The van der Waals surface area contributed by atoms with Gasteiger partial charge in [0.1, 0.15) is 0 Å². The van der Waals surface area contributed by atoms with Crippen LogP contribution in [0.4, 0.5) is 5.82 Å². The van der Waals surface area contributed by atoms with E-state index >= 15 is 0 Å². The van der Waals surface area contributed by atoms with Gasteiger partial charge in [0.15, 0.2) is 11.5 Å². The van der Waals surface area contributed by atoms with E-state index in [1.807, 2.05) is 0 Å². The van der Waals surface area contributed by atoms with Crippen molar-refractivity contribution in [2.75, 3.05) is 5.73 Å². The fraction of sp³-hybridized carbons (Fsp3) is 0.538. The van der Waals surface area contributed by atoms with Crippen LogP contribution in [0.25, 0.3) is 0 Å². The normalized spacial score (nSPS) is 22.8. The summed E-state index contributed by atoms with van der Waals surface area (Å²) in [5.41, 5.74) is 5.64. The summed E-state index contributed by atoms with van der Waals surface area (Å²) in [6.45, 7) is 0. The molecule has 1 aromatic heterocycles. The number of carboxylic acid groups (broad SMARTS) is 1. The predicted molar refractivity (Wildman–Crippen MR) is 71.9 cm³/mol. The van der Waals surface area contributed by atoms with Gasteiger partial charge in [0.2, 0.25) is 0 Å². The molecule has 1 saturated carbocycles. The van der Waals surface area contributed by atoms with Crippen LogP contribution in [0.2, 0.25) is 0 Å². The Morgan fingerprint density at radius 3 is 2.60 bits per heavy atom. The van der Waals surface area contributed by atoms with Gasteiger partial charge in [0.05, 0.1) is 5.92 Å². The third-order valence-electron chi connectivity index (χ3n) is 3.59. The number of carbonyl (C=O) groups excluding carboxylic acids is 1. The van der Waals surface area contributed by atoms with Crippen molar-refractivity contribution < 1.29 is 14.7 Å². The topological polar surface area (TPSA) is 118 Å². The Hall–Kier alpha value is -2.18. The summed E-state index contributed by atoms with van der Waals surface area (Å²) in [6.07, 6.45) is 6.79. The number of anilines is 1. The Balaban J connectivity index is 2.12. The molecule has 1 aliphatic carbocycles. The van der Waals surface area contributed by atoms with E-state index in [4.69, 9.17) is 5.73 Å². The number of carboxylic acids is 1. The second-order valence-corrected chi connectivity index (χ2v) is 4.95. The molecule has 1 aliphatic rings. The van der Waals surface area contributed by atoms with E-state index in [-0.39, 0.29) is 17.6 Å². The average Bonchev–Trinajstić information content (AvgIpc) is 2.64. The first-order valence-corrected chi connectivity index (χ1v) is 6.69. The van der Waals surface area contributed by atoms with E-state index in [0.717, 1.165) is 19.3 Å². The molecule has 108 valence electrons. The van der Waals surface area contributed by atoms with Gasteiger partial charge in [-0.3, -0.25) is 9.59 Å². The van der Waals surface area contributed by atoms with Crippen LogP contribution in [-0.4, -0.2) is 33.0 Å². The van der Waals surface area contributed by atoms with Gasteiger partial charge in [-0.25, -0.2) is 9.97 Å². The number of nitrogens with zero attached hydrogens (tertiary/aromatic N) is 2. The standard InChI is InChI=1S/C13H18N4O3/c14-11-10(15-6-7-16-11)12(18)17-9-5-3-1-2-4-8(9)13(19)20/h6-9H,1-5H2,(H2,14,16)(H,17,18)(H,19,20)/t8-,9+/m1/s1. The molecule has 2 rings (SSSR count). The number of nitrogens with two attached hydrogens (primary N) is 1. The van der Waals surface area contributed by atoms with E-state index in [2.05, 4.69) is 15.3 Å². The second-order valence-electron chi connectivity index (χ2n) is 4.95. The number of nitrogens with one attached hydrogen (secondary N) is 1. The Morgan fingerprint density at radius 1 is 1.20 bits per heavy atom. The van der Waals surface area contributed by atoms with Crippen LogP contribution in [0.3, 0.4) is 0 Å². The first kappa shape index (κ1) is 14.2. The zero-order chi connectivity index (χ0) is 14.5. The highest BCUT2D eigenvalue weighted by molar-refractivity contribution is 5.96. The Labute approximate surface area is 116 Å². The number of rotatable bonds is 3. The summed E-state index contributed by atoms with van der Waals surface area (Å²) in [6, 6.07) is -0.385. The SMILES string of the molecule is Nc1nccnc1C(=O)N[C@H]1CCCCC[C@H]1C(=O)O. The molecule has 1 amide bonds. The fourth-order valence-corrected chi connectivity index (χ4v) is 2.54. The van der Waals surface area contributed by atoms with Crippen molar-refractivity contribution in [2.24, 2.45) is 5.92 Å². The Morgan fingerprint density at radius 2 is 1.90 bits per heavy atom. The maximum absolute atomic E-state index is 12.1. The highest BCUT2D eigenvalue weighted by atomic mass is 16.4. The zero-order valence-electron chi connectivity index (χ0n) is 11.1. The quantitative estimate of drug-likeness (QED) is 0.704. The number of hydrogen-bond acceptors (Lipinski definition) is 5. The molecule has 0 spiro atoms. The van der Waals surface area contributed by atoms with Gasteiger partial charge >= 0.3 is 5.97 Å². The van der Waals surface area contributed by atoms with Gasteiger partial charge in [-0.2, -0.15) is 0 Å². The number of nitrogen functional groups attached to an aromatic ring is 1. The summed E-state index contributed by atoms with van der Waals surface area (Å²) in [5, 5.41) is 12.0. The van der Waals surface area contributed by atoms with Crippen molar-refractivity contribution in [3.05, 3.63) is 18.1 Å². The molecule has 0 bridgehead atoms. The Bertz CT molecular complexity index is 506. The molecule has 4 N–H and O–H groups in total. The largest absolute Gasteiger partial charge is 0.481 e. The van der Waals surface area contributed by atoms with Gasteiger partial charge in [0.25, 0.3) is 5.91 Å². The lowest BCUT2D eigenvalue weighted by Gasteiger charge is -2.22. The molecular formula is C13H18N4O3. The van der Waals surface area contributed by atoms with Gasteiger partial charge in [-0.1, -0.05) is 19.3 Å². The number of aliphatic carboxylic acids is 1. The molecule has 7 heteroatoms. The molecule has 7 nitrogen and oxygen atoms in total. The van der Waals surface area contributed by atoms with E-state index in [1.165, 1.54) is 12.4 Å². The summed E-state index contributed by atoms with van der Waals surface area (Å²) >= 11 is 0. The maximum atomic E-state index is 12.1. The Kier molecular flexibility index (Phi) is 4.49. The summed E-state index contributed by atoms with van der Waals surface area (Å²) in [7, 11) is 0. The molecule has 1 heterocycles. The number of carbonyl (C=O) groups is 2. The lowest BCUT2D eigenvalue weighted by molar-refractivity contribution is -0.142. The molecule has 0 saturated heterocycles. The van der Waals surface area contributed by atoms with E-state index in [0.29, 0.717) is 12.8 Å². The molecule has 2 atom stereocenters. The van der Waals surface area contributed by atoms with Crippen molar-refractivity contribution >= 4 is 17.7 Å². The lowest BCUT2D eigenvalue weighted by atomic mass is 9.95. The first-order chi connectivity index (χ1) is 9.59. The molecule has 1 fully saturated rings. The predicted octanol–water partition coefficient (Wildman–Crippen LogP) is 0.822. The third kappa shape index (κ3) is 3.23. The van der Waals surface area contributed by atoms with Crippen LogP contribution in [0, 0.1) is 5.92 Å². The summed E-state index contributed by atoms with van der Waals surface area (Å²) in [5.74, 6) is -1.84. The highest BCUT2D eigenvalue weighted by Gasteiger charge is 2.31. The fourth-order valence-electron chi connectivity index (χ4n) is 2.54. The number of aromatic nitrogens is 2. The molecular weight excluding hydrogens is 260 g/mol. The third-order valence-corrected chi connectivity index (χ3v) is 3.59.